The van der Waals surface area contributed by atoms with Gasteiger partial charge in [-0.05, 0) is 37.7 Å². The maximum Gasteiger partial charge on any atom is 0.238 e. The highest BCUT2D eigenvalue weighted by Crippen LogP contribution is 2.19. The number of halogens is 1. The van der Waals surface area contributed by atoms with E-state index in [9.17, 15) is 4.79 Å². The van der Waals surface area contributed by atoms with Gasteiger partial charge in [0.05, 0.1) is 0 Å². The van der Waals surface area contributed by atoms with Crippen molar-refractivity contribution in [2.75, 3.05) is 12.0 Å². The molecule has 0 aromatic carbocycles. The van der Waals surface area contributed by atoms with Crippen molar-refractivity contribution in [3.63, 3.8) is 0 Å². The number of carbonyl (C=O) groups is 1. The largest absolute Gasteiger partial charge is 0.352 e. The van der Waals surface area contributed by atoms with Gasteiger partial charge in [0, 0.05) is 6.04 Å². The quantitative estimate of drug-likeness (QED) is 0.549. The highest BCUT2D eigenvalue weighted by Gasteiger charge is 2.26. The third kappa shape index (κ3) is 4.77. The molecular weight excluding hydrogens is 206 g/mol. The van der Waals surface area contributed by atoms with Crippen LogP contribution in [-0.4, -0.2) is 29.3 Å². The summed E-state index contributed by atoms with van der Waals surface area (Å²) in [5.41, 5.74) is 0. The van der Waals surface area contributed by atoms with E-state index in [0.29, 0.717) is 6.04 Å². The molecule has 0 saturated heterocycles. The van der Waals surface area contributed by atoms with Crippen LogP contribution in [0.2, 0.25) is 0 Å². The van der Waals surface area contributed by atoms with Crippen LogP contribution >= 0.6 is 23.4 Å². The topological polar surface area (TPSA) is 29.1 Å². The summed E-state index contributed by atoms with van der Waals surface area (Å²) in [4.78, 5) is 11.3. The maximum absolute atomic E-state index is 11.3. The second-order valence-electron chi connectivity index (χ2n) is 3.39. The molecule has 0 radical (unpaired) electrons. The molecule has 1 fully saturated rings. The van der Waals surface area contributed by atoms with Gasteiger partial charge in [0.25, 0.3) is 0 Å². The Morgan fingerprint density at radius 2 is 2.38 bits per heavy atom. The highest BCUT2D eigenvalue weighted by molar-refractivity contribution is 7.98. The summed E-state index contributed by atoms with van der Waals surface area (Å²) in [6, 6.07) is 0.425. The first-order valence-corrected chi connectivity index (χ1v) is 6.50. The van der Waals surface area contributed by atoms with Crippen LogP contribution < -0.4 is 5.32 Å². The summed E-state index contributed by atoms with van der Waals surface area (Å²) in [6.07, 6.45) is 6.13. The molecule has 2 nitrogen and oxygen atoms in total. The Hall–Kier alpha value is 0.110. The lowest BCUT2D eigenvalue weighted by atomic mass is 10.2. The minimum atomic E-state index is -0.326. The minimum absolute atomic E-state index is 0.0188. The number of nitrogens with one attached hydrogen (secondary N) is 1. The average Bonchev–Trinajstić information content (AvgIpc) is 2.88. The van der Waals surface area contributed by atoms with E-state index in [-0.39, 0.29) is 11.3 Å². The van der Waals surface area contributed by atoms with Gasteiger partial charge in [-0.2, -0.15) is 11.8 Å². The molecule has 0 spiro atoms. The SMILES string of the molecule is CSCCCC(Cl)C(=O)NC1CC1. The predicted molar refractivity (Wildman–Crippen MR) is 58.4 cm³/mol. The van der Waals surface area contributed by atoms with Gasteiger partial charge in [0.2, 0.25) is 5.91 Å². The van der Waals surface area contributed by atoms with Gasteiger partial charge >= 0.3 is 0 Å². The molecule has 1 aliphatic rings. The van der Waals surface area contributed by atoms with Crippen LogP contribution in [0.4, 0.5) is 0 Å². The molecule has 0 aromatic rings. The molecule has 0 aromatic heterocycles. The predicted octanol–water partition coefficient (Wildman–Crippen LogP) is 2.02. The van der Waals surface area contributed by atoms with E-state index >= 15 is 0 Å². The van der Waals surface area contributed by atoms with E-state index < -0.39 is 0 Å². The second kappa shape index (κ2) is 5.76. The lowest BCUT2D eigenvalue weighted by Gasteiger charge is -2.08. The van der Waals surface area contributed by atoms with Gasteiger partial charge in [0.1, 0.15) is 5.38 Å². The van der Waals surface area contributed by atoms with Crippen molar-refractivity contribution in [3.05, 3.63) is 0 Å². The molecule has 0 bridgehead atoms. The summed E-state index contributed by atoms with van der Waals surface area (Å²) in [5, 5.41) is 2.58. The number of carbonyl (C=O) groups excluding carboxylic acids is 1. The Labute approximate surface area is 88.8 Å². The van der Waals surface area contributed by atoms with Crippen molar-refractivity contribution in [1.29, 1.82) is 0 Å². The summed E-state index contributed by atoms with van der Waals surface area (Å²) >= 11 is 7.71. The standard InChI is InChI=1S/C9H16ClNOS/c1-13-6-2-3-8(10)9(12)11-7-4-5-7/h7-8H,2-6H2,1H3,(H,11,12). The monoisotopic (exact) mass is 221 g/mol. The highest BCUT2D eigenvalue weighted by atomic mass is 35.5. The fourth-order valence-corrected chi connectivity index (χ4v) is 1.73. The molecule has 1 saturated carbocycles. The molecule has 1 N–H and O–H groups in total. The molecule has 1 amide bonds. The van der Waals surface area contributed by atoms with Crippen LogP contribution in [0.15, 0.2) is 0 Å². The smallest absolute Gasteiger partial charge is 0.238 e. The van der Waals surface area contributed by atoms with E-state index in [1.165, 1.54) is 0 Å². The van der Waals surface area contributed by atoms with Gasteiger partial charge in [-0.1, -0.05) is 0 Å². The molecule has 1 unspecified atom stereocenters. The second-order valence-corrected chi connectivity index (χ2v) is 4.90. The number of alkyl halides is 1. The van der Waals surface area contributed by atoms with Gasteiger partial charge in [0.15, 0.2) is 0 Å². The fraction of sp³-hybridized carbons (Fsp3) is 0.889. The van der Waals surface area contributed by atoms with Crippen molar-refractivity contribution in [2.45, 2.75) is 37.1 Å². The Balaban J connectivity index is 2.05. The van der Waals surface area contributed by atoms with E-state index in [4.69, 9.17) is 11.6 Å². The maximum atomic E-state index is 11.3. The number of hydrogen-bond acceptors (Lipinski definition) is 2. The van der Waals surface area contributed by atoms with Crippen molar-refractivity contribution in [2.24, 2.45) is 0 Å². The first kappa shape index (κ1) is 11.2. The first-order valence-electron chi connectivity index (χ1n) is 4.67. The van der Waals surface area contributed by atoms with E-state index in [0.717, 1.165) is 31.4 Å². The van der Waals surface area contributed by atoms with E-state index in [1.807, 2.05) is 0 Å². The van der Waals surface area contributed by atoms with Crippen LogP contribution in [0.5, 0.6) is 0 Å². The van der Waals surface area contributed by atoms with E-state index in [2.05, 4.69) is 11.6 Å². The molecule has 4 heteroatoms. The van der Waals surface area contributed by atoms with Gasteiger partial charge in [-0.15, -0.1) is 11.6 Å². The van der Waals surface area contributed by atoms with Crippen LogP contribution in [0.1, 0.15) is 25.7 Å². The summed E-state index contributed by atoms with van der Waals surface area (Å²) in [7, 11) is 0. The number of rotatable bonds is 6. The number of amides is 1. The van der Waals surface area contributed by atoms with Gasteiger partial charge in [-0.25, -0.2) is 0 Å². The lowest BCUT2D eigenvalue weighted by Crippen LogP contribution is -2.32. The molecule has 0 aliphatic heterocycles. The molecular formula is C9H16ClNOS. The molecule has 1 aliphatic carbocycles. The Morgan fingerprint density at radius 1 is 1.69 bits per heavy atom. The van der Waals surface area contributed by atoms with Crippen LogP contribution in [0.25, 0.3) is 0 Å². The molecule has 1 atom stereocenters. The number of thioether (sulfide) groups is 1. The van der Waals surface area contributed by atoms with Crippen molar-refractivity contribution < 1.29 is 4.79 Å². The molecule has 76 valence electrons. The summed E-state index contributed by atoms with van der Waals surface area (Å²) in [6.45, 7) is 0. The fourth-order valence-electron chi connectivity index (χ4n) is 1.06. The molecule has 0 heterocycles. The molecule has 1 rings (SSSR count). The Bertz CT molecular complexity index is 173. The third-order valence-corrected chi connectivity index (χ3v) is 3.13. The Kier molecular flexibility index (Phi) is 4.96. The first-order chi connectivity index (χ1) is 6.24. The number of hydrogen-bond donors (Lipinski definition) is 1. The summed E-state index contributed by atoms with van der Waals surface area (Å²) < 4.78 is 0. The average molecular weight is 222 g/mol. The van der Waals surface area contributed by atoms with Crippen LogP contribution in [0.3, 0.4) is 0 Å². The van der Waals surface area contributed by atoms with Crippen LogP contribution in [-0.2, 0) is 4.79 Å². The van der Waals surface area contributed by atoms with E-state index in [1.54, 1.807) is 11.8 Å². The zero-order valence-electron chi connectivity index (χ0n) is 7.88. The van der Waals surface area contributed by atoms with Crippen LogP contribution in [0, 0.1) is 0 Å². The Morgan fingerprint density at radius 3 is 2.92 bits per heavy atom. The van der Waals surface area contributed by atoms with Crippen molar-refractivity contribution >= 4 is 29.3 Å². The lowest BCUT2D eigenvalue weighted by molar-refractivity contribution is -0.121. The van der Waals surface area contributed by atoms with Crippen molar-refractivity contribution in [1.82, 2.24) is 5.32 Å². The van der Waals surface area contributed by atoms with Gasteiger partial charge in [-0.3, -0.25) is 4.79 Å². The normalized spacial score (nSPS) is 18.3. The molecule has 13 heavy (non-hydrogen) atoms. The van der Waals surface area contributed by atoms with Gasteiger partial charge < -0.3 is 5.32 Å². The zero-order chi connectivity index (χ0) is 9.68. The minimum Gasteiger partial charge on any atom is -0.352 e. The third-order valence-electron chi connectivity index (χ3n) is 2.01. The summed E-state index contributed by atoms with van der Waals surface area (Å²) in [5.74, 6) is 1.10. The zero-order valence-corrected chi connectivity index (χ0v) is 9.46. The van der Waals surface area contributed by atoms with Crippen molar-refractivity contribution in [3.8, 4) is 0 Å².